The number of halogens is 2. The zero-order valence-electron chi connectivity index (χ0n) is 21.6. The summed E-state index contributed by atoms with van der Waals surface area (Å²) in [5.74, 6) is -1.49. The molecule has 6 nitrogen and oxygen atoms in total. The predicted octanol–water partition coefficient (Wildman–Crippen LogP) is 7.32. The zero-order valence-corrected chi connectivity index (χ0v) is 24.1. The number of aromatic nitrogens is 2. The number of anilines is 1. The zero-order chi connectivity index (χ0) is 28.5. The molecule has 0 bridgehead atoms. The highest BCUT2D eigenvalue weighted by Crippen LogP contribution is 2.31. The summed E-state index contributed by atoms with van der Waals surface area (Å²) < 4.78 is 28.2. The van der Waals surface area contributed by atoms with Crippen LogP contribution in [0.15, 0.2) is 72.8 Å². The number of thiophene rings is 1. The molecule has 0 aliphatic heterocycles. The number of nitrogens with one attached hydrogen (secondary N) is 2. The fourth-order valence-corrected chi connectivity index (χ4v) is 7.37. The fraction of sp³-hybridized carbons (Fsp3) is 0.133. The third-order valence-corrected chi connectivity index (χ3v) is 9.62. The van der Waals surface area contributed by atoms with Crippen LogP contribution in [0.25, 0.3) is 32.0 Å². The fourth-order valence-electron chi connectivity index (χ4n) is 4.48. The standard InChI is InChI=1S/C30H22F2N4O2S3/c1-16-10-11-24(40-16)30(38)34-23(14-39-15-26-35-28-20(32)12-17(31)13-25(28)41-26)29(37)36-27-18-6-2-4-8-21(18)33-22-9-5-3-7-19(22)27/h2-13,23H,14-15H2,1H3,(H,34,38)(H,33,36,37). The number of thiazole rings is 1. The molecule has 3 aromatic heterocycles. The van der Waals surface area contributed by atoms with Gasteiger partial charge in [0.2, 0.25) is 5.91 Å². The summed E-state index contributed by atoms with van der Waals surface area (Å²) in [7, 11) is 0. The van der Waals surface area contributed by atoms with Crippen molar-refractivity contribution in [2.24, 2.45) is 0 Å². The summed E-state index contributed by atoms with van der Waals surface area (Å²) in [5, 5.41) is 8.13. The number of fused-ring (bicyclic) bond motifs is 3. The lowest BCUT2D eigenvalue weighted by molar-refractivity contribution is -0.117. The molecule has 0 radical (unpaired) electrons. The number of carbonyl (C=O) groups excluding carboxylic acids is 2. The molecule has 6 aromatic rings. The van der Waals surface area contributed by atoms with Gasteiger partial charge < -0.3 is 10.6 Å². The van der Waals surface area contributed by atoms with Crippen molar-refractivity contribution in [2.75, 3.05) is 11.1 Å². The Labute approximate surface area is 245 Å². The van der Waals surface area contributed by atoms with Crippen LogP contribution in [-0.4, -0.2) is 33.6 Å². The van der Waals surface area contributed by atoms with Gasteiger partial charge in [0, 0.05) is 33.2 Å². The van der Waals surface area contributed by atoms with Crippen LogP contribution < -0.4 is 10.6 Å². The third kappa shape index (κ3) is 5.79. The lowest BCUT2D eigenvalue weighted by Crippen LogP contribution is -2.45. The molecule has 3 aromatic carbocycles. The van der Waals surface area contributed by atoms with Crippen LogP contribution in [0.4, 0.5) is 14.5 Å². The number of amides is 2. The molecular weight excluding hydrogens is 583 g/mol. The van der Waals surface area contributed by atoms with Crippen LogP contribution in [0.3, 0.4) is 0 Å². The first-order valence-corrected chi connectivity index (χ1v) is 15.4. The van der Waals surface area contributed by atoms with E-state index in [4.69, 9.17) is 4.98 Å². The molecule has 206 valence electrons. The molecule has 0 spiro atoms. The highest BCUT2D eigenvalue weighted by Gasteiger charge is 2.24. The SMILES string of the molecule is Cc1ccc(C(=O)NC(CSCc2nc3c(F)cc(F)cc3s2)C(=O)Nc2c3ccccc3nc3ccccc23)s1. The topological polar surface area (TPSA) is 84.0 Å². The number of hydrogen-bond donors (Lipinski definition) is 2. The van der Waals surface area contributed by atoms with Crippen LogP contribution in [-0.2, 0) is 10.5 Å². The second-order valence-electron chi connectivity index (χ2n) is 9.30. The van der Waals surface area contributed by atoms with Gasteiger partial charge in [0.05, 0.1) is 26.3 Å². The molecule has 0 aliphatic carbocycles. The highest BCUT2D eigenvalue weighted by atomic mass is 32.2. The van der Waals surface area contributed by atoms with Crippen molar-refractivity contribution < 1.29 is 18.4 Å². The van der Waals surface area contributed by atoms with E-state index in [9.17, 15) is 18.4 Å². The van der Waals surface area contributed by atoms with E-state index in [0.717, 1.165) is 32.7 Å². The van der Waals surface area contributed by atoms with Crippen molar-refractivity contribution in [3.8, 4) is 0 Å². The van der Waals surface area contributed by atoms with Gasteiger partial charge in [-0.05, 0) is 37.3 Å². The van der Waals surface area contributed by atoms with Crippen LogP contribution in [0, 0.1) is 18.6 Å². The molecule has 41 heavy (non-hydrogen) atoms. The molecule has 0 saturated carbocycles. The van der Waals surface area contributed by atoms with Crippen LogP contribution in [0.1, 0.15) is 19.6 Å². The summed E-state index contributed by atoms with van der Waals surface area (Å²) in [6.45, 7) is 1.91. The normalized spacial score (nSPS) is 12.2. The highest BCUT2D eigenvalue weighted by molar-refractivity contribution is 7.98. The molecule has 3 heterocycles. The first-order valence-electron chi connectivity index (χ1n) is 12.6. The van der Waals surface area contributed by atoms with Crippen molar-refractivity contribution in [2.45, 2.75) is 18.7 Å². The molecule has 2 N–H and O–H groups in total. The van der Waals surface area contributed by atoms with Crippen LogP contribution in [0.5, 0.6) is 0 Å². The maximum Gasteiger partial charge on any atom is 0.262 e. The molecule has 0 saturated heterocycles. The smallest absolute Gasteiger partial charge is 0.262 e. The Bertz CT molecular complexity index is 1880. The molecule has 0 fully saturated rings. The minimum atomic E-state index is -0.885. The number of carbonyl (C=O) groups is 2. The predicted molar refractivity (Wildman–Crippen MR) is 164 cm³/mol. The van der Waals surface area contributed by atoms with E-state index >= 15 is 0 Å². The molecule has 1 atom stereocenters. The number of thioether (sulfide) groups is 1. The van der Waals surface area contributed by atoms with E-state index < -0.39 is 17.7 Å². The van der Waals surface area contributed by atoms with Crippen molar-refractivity contribution in [3.05, 3.63) is 99.2 Å². The second-order valence-corrected chi connectivity index (χ2v) is 12.7. The lowest BCUT2D eigenvalue weighted by Gasteiger charge is -2.19. The van der Waals surface area contributed by atoms with Gasteiger partial charge in [0.25, 0.3) is 5.91 Å². The van der Waals surface area contributed by atoms with Gasteiger partial charge >= 0.3 is 0 Å². The summed E-state index contributed by atoms with van der Waals surface area (Å²) in [6, 6.07) is 19.9. The van der Waals surface area contributed by atoms with E-state index in [2.05, 4.69) is 15.6 Å². The number of pyridine rings is 1. The van der Waals surface area contributed by atoms with Crippen LogP contribution in [0.2, 0.25) is 0 Å². The van der Waals surface area contributed by atoms with E-state index in [1.807, 2.05) is 61.5 Å². The first kappa shape index (κ1) is 27.3. The van der Waals surface area contributed by atoms with Crippen molar-refractivity contribution in [1.82, 2.24) is 15.3 Å². The Balaban J connectivity index is 1.27. The van der Waals surface area contributed by atoms with Crippen LogP contribution >= 0.6 is 34.4 Å². The summed E-state index contributed by atoms with van der Waals surface area (Å²) in [6.07, 6.45) is 0. The Hall–Kier alpha value is -3.93. The Morgan fingerprint density at radius 3 is 2.32 bits per heavy atom. The Morgan fingerprint density at radius 2 is 1.63 bits per heavy atom. The van der Waals surface area contributed by atoms with Gasteiger partial charge in [-0.2, -0.15) is 11.8 Å². The number of benzene rings is 3. The maximum atomic E-state index is 14.1. The monoisotopic (exact) mass is 604 g/mol. The van der Waals surface area contributed by atoms with Gasteiger partial charge in [-0.15, -0.1) is 22.7 Å². The average molecular weight is 605 g/mol. The van der Waals surface area contributed by atoms with E-state index in [1.54, 1.807) is 6.07 Å². The summed E-state index contributed by atoms with van der Waals surface area (Å²) >= 11 is 3.92. The van der Waals surface area contributed by atoms with E-state index in [-0.39, 0.29) is 23.1 Å². The number of hydrogen-bond acceptors (Lipinski definition) is 7. The van der Waals surface area contributed by atoms with Gasteiger partial charge in [0.15, 0.2) is 5.82 Å². The van der Waals surface area contributed by atoms with E-state index in [0.29, 0.717) is 26.0 Å². The first-order chi connectivity index (χ1) is 19.9. The summed E-state index contributed by atoms with van der Waals surface area (Å²) in [4.78, 5) is 37.4. The Morgan fingerprint density at radius 1 is 0.927 bits per heavy atom. The minimum Gasteiger partial charge on any atom is -0.339 e. The van der Waals surface area contributed by atoms with E-state index in [1.165, 1.54) is 40.5 Å². The molecule has 1 unspecified atom stereocenters. The maximum absolute atomic E-state index is 14.1. The third-order valence-electron chi connectivity index (χ3n) is 6.39. The number of nitrogens with zero attached hydrogens (tertiary/aromatic N) is 2. The molecule has 11 heteroatoms. The quantitative estimate of drug-likeness (QED) is 0.178. The summed E-state index contributed by atoms with van der Waals surface area (Å²) in [5.41, 5.74) is 2.23. The lowest BCUT2D eigenvalue weighted by atomic mass is 10.1. The van der Waals surface area contributed by atoms with Crippen molar-refractivity contribution >= 4 is 84.0 Å². The molecule has 0 aliphatic rings. The van der Waals surface area contributed by atoms with Gasteiger partial charge in [-0.1, -0.05) is 36.4 Å². The number of para-hydroxylation sites is 2. The molecule has 6 rings (SSSR count). The second kappa shape index (κ2) is 11.5. The molecule has 2 amide bonds. The Kier molecular flexibility index (Phi) is 7.65. The van der Waals surface area contributed by atoms with Gasteiger partial charge in [-0.25, -0.2) is 18.7 Å². The van der Waals surface area contributed by atoms with Gasteiger partial charge in [0.1, 0.15) is 22.4 Å². The van der Waals surface area contributed by atoms with Gasteiger partial charge in [-0.3, -0.25) is 9.59 Å². The number of aryl methyl sites for hydroxylation is 1. The number of rotatable bonds is 8. The molecular formula is C30H22F2N4O2S3. The minimum absolute atomic E-state index is 0.124. The van der Waals surface area contributed by atoms with Crippen molar-refractivity contribution in [3.63, 3.8) is 0 Å². The van der Waals surface area contributed by atoms with Crippen molar-refractivity contribution in [1.29, 1.82) is 0 Å². The average Bonchev–Trinajstić information content (AvgIpc) is 3.58. The largest absolute Gasteiger partial charge is 0.339 e.